The number of fused-ring (bicyclic) bond motifs is 1. The van der Waals surface area contributed by atoms with E-state index in [0.717, 1.165) is 56.1 Å². The second kappa shape index (κ2) is 4.81. The quantitative estimate of drug-likeness (QED) is 0.761. The Morgan fingerprint density at radius 1 is 1.17 bits per heavy atom. The van der Waals surface area contributed by atoms with Crippen molar-refractivity contribution in [3.05, 3.63) is 17.3 Å². The highest BCUT2D eigenvalue weighted by Crippen LogP contribution is 2.24. The fraction of sp³-hybridized carbons (Fsp3) is 0.615. The van der Waals surface area contributed by atoms with Crippen LogP contribution in [0.3, 0.4) is 0 Å². The smallest absolute Gasteiger partial charge is 0.176 e. The van der Waals surface area contributed by atoms with E-state index in [1.54, 1.807) is 0 Å². The Kier molecular flexibility index (Phi) is 3.01. The third kappa shape index (κ3) is 1.88. The number of hydrogen-bond donors (Lipinski definition) is 1. The van der Waals surface area contributed by atoms with Crippen LogP contribution in [0.15, 0.2) is 5.70 Å². The van der Waals surface area contributed by atoms with Gasteiger partial charge in [-0.1, -0.05) is 6.42 Å². The van der Waals surface area contributed by atoms with Crippen LogP contribution < -0.4 is 5.32 Å². The second-order valence-corrected chi connectivity index (χ2v) is 4.90. The van der Waals surface area contributed by atoms with Gasteiger partial charge in [0.15, 0.2) is 5.82 Å². The van der Waals surface area contributed by atoms with Gasteiger partial charge in [0.25, 0.3) is 0 Å². The van der Waals surface area contributed by atoms with Gasteiger partial charge in [-0.05, 0) is 25.7 Å². The molecular weight excluding hydrogens is 226 g/mol. The van der Waals surface area contributed by atoms with Crippen molar-refractivity contribution in [1.29, 1.82) is 5.26 Å². The van der Waals surface area contributed by atoms with Crippen LogP contribution in [-0.2, 0) is 13.0 Å². The van der Waals surface area contributed by atoms with Gasteiger partial charge in [-0.3, -0.25) is 0 Å². The molecule has 94 valence electrons. The number of nitrogens with zero attached hydrogens (tertiary/aromatic N) is 4. The Hall–Kier alpha value is -1.83. The van der Waals surface area contributed by atoms with Gasteiger partial charge < -0.3 is 9.88 Å². The monoisotopic (exact) mass is 243 g/mol. The average molecular weight is 243 g/mol. The third-order valence-corrected chi connectivity index (χ3v) is 3.69. The molecule has 1 aromatic heterocycles. The number of allylic oxidation sites excluding steroid dienone is 2. The first-order valence-corrected chi connectivity index (χ1v) is 6.69. The van der Waals surface area contributed by atoms with Crippen LogP contribution in [0.5, 0.6) is 0 Å². The molecule has 18 heavy (non-hydrogen) atoms. The molecule has 5 nitrogen and oxygen atoms in total. The zero-order chi connectivity index (χ0) is 12.4. The Labute approximate surface area is 107 Å². The minimum atomic E-state index is 0.688. The minimum Gasteiger partial charge on any atom is -0.387 e. The summed E-state index contributed by atoms with van der Waals surface area (Å²) in [6.45, 7) is 1.90. The molecule has 0 atom stereocenters. The van der Waals surface area contributed by atoms with Gasteiger partial charge in [-0.2, -0.15) is 5.26 Å². The van der Waals surface area contributed by atoms with Crippen molar-refractivity contribution in [3.63, 3.8) is 0 Å². The van der Waals surface area contributed by atoms with Crippen LogP contribution in [0.1, 0.15) is 43.8 Å². The highest BCUT2D eigenvalue weighted by atomic mass is 15.3. The molecule has 5 heteroatoms. The molecule has 3 rings (SSSR count). The lowest BCUT2D eigenvalue weighted by atomic mass is 10.1. The van der Waals surface area contributed by atoms with Crippen molar-refractivity contribution in [2.45, 2.75) is 45.1 Å². The summed E-state index contributed by atoms with van der Waals surface area (Å²) in [6.07, 6.45) is 6.59. The van der Waals surface area contributed by atoms with E-state index < -0.39 is 0 Å². The number of nitrogens with one attached hydrogen (secondary N) is 1. The van der Waals surface area contributed by atoms with Gasteiger partial charge in [0.05, 0.1) is 0 Å². The van der Waals surface area contributed by atoms with Crippen LogP contribution in [0.25, 0.3) is 5.57 Å². The summed E-state index contributed by atoms with van der Waals surface area (Å²) in [6, 6.07) is 2.31. The van der Waals surface area contributed by atoms with E-state index in [2.05, 4.69) is 26.2 Å². The predicted octanol–water partition coefficient (Wildman–Crippen LogP) is 1.62. The average Bonchev–Trinajstić information content (AvgIpc) is 2.98. The number of aryl methyl sites for hydroxylation is 1. The predicted molar refractivity (Wildman–Crippen MR) is 67.3 cm³/mol. The molecule has 0 bridgehead atoms. The van der Waals surface area contributed by atoms with E-state index >= 15 is 0 Å². The van der Waals surface area contributed by atoms with Gasteiger partial charge in [0, 0.05) is 25.2 Å². The first kappa shape index (κ1) is 11.3. The molecule has 0 aromatic carbocycles. The van der Waals surface area contributed by atoms with E-state index in [1.807, 2.05) is 0 Å². The first-order valence-electron chi connectivity index (χ1n) is 6.69. The lowest BCUT2D eigenvalue weighted by molar-refractivity contribution is 0.627. The van der Waals surface area contributed by atoms with Crippen LogP contribution >= 0.6 is 0 Å². The Balaban J connectivity index is 2.04. The highest BCUT2D eigenvalue weighted by molar-refractivity contribution is 5.75. The van der Waals surface area contributed by atoms with Crippen LogP contribution in [0.2, 0.25) is 0 Å². The molecule has 2 aliphatic heterocycles. The molecular formula is C13H17N5. The van der Waals surface area contributed by atoms with E-state index in [0.29, 0.717) is 5.57 Å². The van der Waals surface area contributed by atoms with Gasteiger partial charge in [0.1, 0.15) is 17.5 Å². The van der Waals surface area contributed by atoms with Gasteiger partial charge in [0.2, 0.25) is 0 Å². The number of rotatable bonds is 1. The maximum Gasteiger partial charge on any atom is 0.176 e. The molecule has 1 aromatic rings. The lowest BCUT2D eigenvalue weighted by Crippen LogP contribution is -2.10. The zero-order valence-electron chi connectivity index (χ0n) is 10.4. The number of aromatic nitrogens is 3. The Morgan fingerprint density at radius 3 is 2.89 bits per heavy atom. The molecule has 0 radical (unpaired) electrons. The van der Waals surface area contributed by atoms with E-state index in [4.69, 9.17) is 0 Å². The molecule has 0 saturated carbocycles. The van der Waals surface area contributed by atoms with Crippen molar-refractivity contribution in [1.82, 2.24) is 20.1 Å². The molecule has 0 aliphatic carbocycles. The van der Waals surface area contributed by atoms with Crippen molar-refractivity contribution in [3.8, 4) is 6.07 Å². The topological polar surface area (TPSA) is 66.5 Å². The molecule has 1 saturated heterocycles. The van der Waals surface area contributed by atoms with Gasteiger partial charge in [-0.25, -0.2) is 0 Å². The summed E-state index contributed by atoms with van der Waals surface area (Å²) in [7, 11) is 0. The van der Waals surface area contributed by atoms with Crippen molar-refractivity contribution >= 4 is 5.57 Å². The molecule has 1 N–H and O–H groups in total. The maximum atomic E-state index is 9.40. The Morgan fingerprint density at radius 2 is 2.11 bits per heavy atom. The molecule has 1 fully saturated rings. The van der Waals surface area contributed by atoms with Crippen LogP contribution in [0.4, 0.5) is 0 Å². The van der Waals surface area contributed by atoms with E-state index in [9.17, 15) is 5.26 Å². The summed E-state index contributed by atoms with van der Waals surface area (Å²) in [5.74, 6) is 1.80. The largest absolute Gasteiger partial charge is 0.387 e. The normalized spacial score (nSPS) is 21.7. The van der Waals surface area contributed by atoms with Crippen LogP contribution in [-0.4, -0.2) is 21.3 Å². The molecule has 3 heterocycles. The summed E-state index contributed by atoms with van der Waals surface area (Å²) in [5, 5.41) is 21.2. The van der Waals surface area contributed by atoms with Crippen molar-refractivity contribution in [2.75, 3.05) is 6.54 Å². The SMILES string of the molecule is N#CC(=C1CCCN1)c1nnc2n1CCCCC2. The number of nitriles is 1. The summed E-state index contributed by atoms with van der Waals surface area (Å²) >= 11 is 0. The van der Waals surface area contributed by atoms with Crippen molar-refractivity contribution < 1.29 is 0 Å². The van der Waals surface area contributed by atoms with E-state index in [1.165, 1.54) is 12.8 Å². The molecule has 2 aliphatic rings. The standard InChI is InChI=1S/C13H17N5/c14-9-10(11-5-4-7-15-11)13-17-16-12-6-2-1-3-8-18(12)13/h15H,1-8H2. The summed E-state index contributed by atoms with van der Waals surface area (Å²) in [4.78, 5) is 0. The minimum absolute atomic E-state index is 0.688. The van der Waals surface area contributed by atoms with E-state index in [-0.39, 0.29) is 0 Å². The Bertz CT molecular complexity index is 512. The lowest BCUT2D eigenvalue weighted by Gasteiger charge is -2.08. The van der Waals surface area contributed by atoms with Gasteiger partial charge in [-0.15, -0.1) is 10.2 Å². The molecule has 0 unspecified atom stereocenters. The first-order chi connectivity index (χ1) is 8.90. The third-order valence-electron chi connectivity index (χ3n) is 3.69. The van der Waals surface area contributed by atoms with Gasteiger partial charge >= 0.3 is 0 Å². The maximum absolute atomic E-state index is 9.40. The summed E-state index contributed by atoms with van der Waals surface area (Å²) in [5.41, 5.74) is 1.73. The zero-order valence-corrected chi connectivity index (χ0v) is 10.4. The summed E-state index contributed by atoms with van der Waals surface area (Å²) < 4.78 is 2.14. The van der Waals surface area contributed by atoms with Crippen molar-refractivity contribution in [2.24, 2.45) is 0 Å². The fourth-order valence-corrected chi connectivity index (χ4v) is 2.73. The second-order valence-electron chi connectivity index (χ2n) is 4.90. The molecule has 0 amide bonds. The number of hydrogen-bond acceptors (Lipinski definition) is 4. The highest BCUT2D eigenvalue weighted by Gasteiger charge is 2.21. The molecule has 0 spiro atoms. The fourth-order valence-electron chi connectivity index (χ4n) is 2.73. The van der Waals surface area contributed by atoms with Crippen LogP contribution in [0, 0.1) is 11.3 Å².